The fourth-order valence-electron chi connectivity index (χ4n) is 12.2. The lowest BCUT2D eigenvalue weighted by Crippen LogP contribution is -2.40. The van der Waals surface area contributed by atoms with Gasteiger partial charge in [-0.05, 0) is 162 Å². The zero-order valence-corrected chi connectivity index (χ0v) is 50.6. The minimum atomic E-state index is -0.0698. The maximum absolute atomic E-state index is 12.7. The highest BCUT2D eigenvalue weighted by molar-refractivity contribution is 5.96. The SMILES string of the molecule is C.C.C.C1CCOC1.C1CCOC1.CCN(CC)CC.COc1ccccc1C(=O)NCC1(Cc2ccccc2)CCCCC1.N#CC1(Cc2ccccc2)CCCCC1.N#CC1CCCCC1.NCC1(Cc2ccccc2)CCCCC1. The Bertz CT molecular complexity index is 2200. The quantitative estimate of drug-likeness (QED) is 0.128. The van der Waals surface area contributed by atoms with Gasteiger partial charge in [-0.1, -0.05) is 223 Å². The van der Waals surface area contributed by atoms with Gasteiger partial charge in [-0.3, -0.25) is 4.79 Å². The molecule has 1 amide bonds. The topological polar surface area (TPSA) is 134 Å². The van der Waals surface area contributed by atoms with Gasteiger partial charge in [0, 0.05) is 38.9 Å². The van der Waals surface area contributed by atoms with Crippen LogP contribution in [0.3, 0.4) is 0 Å². The molecule has 464 valence electrons. The number of nitrogens with zero attached hydrogens (tertiary/aromatic N) is 3. The van der Waals surface area contributed by atoms with Crippen LogP contribution in [0.2, 0.25) is 0 Å². The highest BCUT2D eigenvalue weighted by Gasteiger charge is 2.34. The van der Waals surface area contributed by atoms with Crippen LogP contribution in [0.15, 0.2) is 115 Å². The second-order valence-corrected chi connectivity index (χ2v) is 23.4. The first kappa shape index (κ1) is 76.0. The van der Waals surface area contributed by atoms with Crippen molar-refractivity contribution < 1.29 is 19.0 Å². The number of nitriles is 2. The third-order valence-corrected chi connectivity index (χ3v) is 17.3. The number of nitrogens with two attached hydrogens (primary N) is 1. The third-order valence-electron chi connectivity index (χ3n) is 17.3. The molecule has 6 aliphatic rings. The molecule has 0 unspecified atom stereocenters. The molecule has 0 atom stereocenters. The first-order valence-corrected chi connectivity index (χ1v) is 31.6. The number of nitrogens with one attached hydrogen (secondary N) is 1. The summed E-state index contributed by atoms with van der Waals surface area (Å²) >= 11 is 0. The molecule has 4 saturated carbocycles. The monoisotopic (exact) mass is 1140 g/mol. The zero-order chi connectivity index (χ0) is 57.3. The normalized spacial score (nSPS) is 17.9. The van der Waals surface area contributed by atoms with E-state index in [2.05, 4.69) is 128 Å². The highest BCUT2D eigenvalue weighted by Crippen LogP contribution is 2.41. The molecule has 4 aromatic rings. The van der Waals surface area contributed by atoms with Gasteiger partial charge >= 0.3 is 0 Å². The summed E-state index contributed by atoms with van der Waals surface area (Å²) in [5.74, 6) is 0.972. The smallest absolute Gasteiger partial charge is 0.255 e. The predicted molar refractivity (Wildman–Crippen MR) is 353 cm³/mol. The van der Waals surface area contributed by atoms with E-state index in [9.17, 15) is 10.1 Å². The summed E-state index contributed by atoms with van der Waals surface area (Å²) in [4.78, 5) is 15.0. The molecule has 6 fully saturated rings. The van der Waals surface area contributed by atoms with E-state index < -0.39 is 0 Å². The van der Waals surface area contributed by atoms with E-state index in [0.29, 0.717) is 22.6 Å². The molecule has 0 aromatic heterocycles. The van der Waals surface area contributed by atoms with Crippen LogP contribution in [0, 0.1) is 44.8 Å². The van der Waals surface area contributed by atoms with Crippen LogP contribution in [-0.4, -0.2) is 77.1 Å². The first-order valence-electron chi connectivity index (χ1n) is 31.6. The number of rotatable bonds is 14. The van der Waals surface area contributed by atoms with Crippen molar-refractivity contribution in [2.45, 2.75) is 216 Å². The zero-order valence-electron chi connectivity index (χ0n) is 50.6. The minimum absolute atomic E-state index is 0. The molecule has 0 bridgehead atoms. The van der Waals surface area contributed by atoms with E-state index in [-0.39, 0.29) is 39.0 Å². The van der Waals surface area contributed by atoms with Crippen molar-refractivity contribution in [3.05, 3.63) is 138 Å². The van der Waals surface area contributed by atoms with Crippen molar-refractivity contribution in [1.29, 1.82) is 10.5 Å². The molecule has 2 aliphatic heterocycles. The third kappa shape index (κ3) is 30.6. The van der Waals surface area contributed by atoms with Crippen molar-refractivity contribution in [2.24, 2.45) is 27.9 Å². The molecule has 9 nitrogen and oxygen atoms in total. The molecule has 0 spiro atoms. The molecule has 2 saturated heterocycles. The molecular formula is C74H119N5O4. The Morgan fingerprint density at radius 1 is 0.542 bits per heavy atom. The van der Waals surface area contributed by atoms with Gasteiger partial charge < -0.3 is 30.2 Å². The number of hydrogen-bond donors (Lipinski definition) is 2. The van der Waals surface area contributed by atoms with Crippen molar-refractivity contribution in [3.8, 4) is 17.9 Å². The van der Waals surface area contributed by atoms with Gasteiger partial charge in [0.05, 0.1) is 30.2 Å². The summed E-state index contributed by atoms with van der Waals surface area (Å²) in [6.07, 6.45) is 33.3. The molecule has 9 heteroatoms. The van der Waals surface area contributed by atoms with Crippen LogP contribution < -0.4 is 15.8 Å². The maximum Gasteiger partial charge on any atom is 0.255 e. The Balaban J connectivity index is 0.000000519. The average molecular weight is 1140 g/mol. The number of benzene rings is 4. The second-order valence-electron chi connectivity index (χ2n) is 23.4. The van der Waals surface area contributed by atoms with E-state index >= 15 is 0 Å². The lowest BCUT2D eigenvalue weighted by molar-refractivity contribution is 0.0905. The average Bonchev–Trinajstić information content (AvgIpc) is 4.37. The molecule has 10 rings (SSSR count). The summed E-state index contributed by atoms with van der Waals surface area (Å²) < 4.78 is 15.2. The van der Waals surface area contributed by atoms with E-state index in [1.54, 1.807) is 7.11 Å². The molecule has 3 N–H and O–H groups in total. The fourth-order valence-corrected chi connectivity index (χ4v) is 12.2. The molecule has 2 heterocycles. The fraction of sp³-hybridized carbons (Fsp3) is 0.635. The van der Waals surface area contributed by atoms with Crippen LogP contribution in [0.1, 0.15) is 224 Å². The lowest BCUT2D eigenvalue weighted by atomic mass is 9.70. The first-order chi connectivity index (χ1) is 39.2. The van der Waals surface area contributed by atoms with Crippen molar-refractivity contribution in [3.63, 3.8) is 0 Å². The predicted octanol–water partition coefficient (Wildman–Crippen LogP) is 18.4. The molecule has 0 radical (unpaired) electrons. The Kier molecular flexibility index (Phi) is 42.4. The van der Waals surface area contributed by atoms with Gasteiger partial charge in [-0.15, -0.1) is 0 Å². The summed E-state index contributed by atoms with van der Waals surface area (Å²) in [6.45, 7) is 15.7. The van der Waals surface area contributed by atoms with Crippen molar-refractivity contribution in [1.82, 2.24) is 10.2 Å². The molecule has 83 heavy (non-hydrogen) atoms. The van der Waals surface area contributed by atoms with Gasteiger partial charge in [0.1, 0.15) is 5.75 Å². The second kappa shape index (κ2) is 46.3. The summed E-state index contributed by atoms with van der Waals surface area (Å²) in [6, 6.07) is 44.1. The van der Waals surface area contributed by atoms with Gasteiger partial charge in [0.25, 0.3) is 5.91 Å². The molecular weight excluding hydrogens is 1020 g/mol. The number of carbonyl (C=O) groups excluding carboxylic acids is 1. The number of para-hydroxylation sites is 1. The van der Waals surface area contributed by atoms with Crippen molar-refractivity contribution in [2.75, 3.05) is 66.3 Å². The molecule has 4 aliphatic carbocycles. The van der Waals surface area contributed by atoms with Gasteiger partial charge in [-0.2, -0.15) is 10.5 Å². The Morgan fingerprint density at radius 3 is 1.29 bits per heavy atom. The van der Waals surface area contributed by atoms with E-state index in [1.807, 2.05) is 30.3 Å². The highest BCUT2D eigenvalue weighted by atomic mass is 16.5. The van der Waals surface area contributed by atoms with Gasteiger partial charge in [-0.25, -0.2) is 0 Å². The summed E-state index contributed by atoms with van der Waals surface area (Å²) in [5.41, 5.74) is 11.2. The Hall–Kier alpha value is -5.03. The Labute approximate surface area is 509 Å². The minimum Gasteiger partial charge on any atom is -0.496 e. The molecule has 4 aromatic carbocycles. The van der Waals surface area contributed by atoms with E-state index in [0.717, 1.165) is 78.0 Å². The number of hydrogen-bond acceptors (Lipinski definition) is 8. The maximum atomic E-state index is 12.7. The van der Waals surface area contributed by atoms with Crippen LogP contribution in [-0.2, 0) is 28.7 Å². The van der Waals surface area contributed by atoms with Gasteiger partial charge in [0.2, 0.25) is 0 Å². The largest absolute Gasteiger partial charge is 0.496 e. The van der Waals surface area contributed by atoms with Crippen LogP contribution in [0.4, 0.5) is 0 Å². The summed E-state index contributed by atoms with van der Waals surface area (Å²) in [7, 11) is 1.60. The lowest BCUT2D eigenvalue weighted by Gasteiger charge is -2.38. The van der Waals surface area contributed by atoms with Crippen LogP contribution >= 0.6 is 0 Å². The van der Waals surface area contributed by atoms with Crippen molar-refractivity contribution >= 4 is 5.91 Å². The van der Waals surface area contributed by atoms with E-state index in [4.69, 9.17) is 25.2 Å². The standard InChI is InChI=1S/C22H27NO2.C14H21N.C14H17N.C7H11N.C6H15N.2C4H8O.3CH4/c1-25-20-13-7-6-12-19(20)21(24)23-17-22(14-8-3-9-15-22)16-18-10-4-2-5-11-18;2*15-12-14(9-5-2-6-10-14)11-13-7-3-1-4-8-13;8-6-7-4-2-1-3-5-7;1-4-7(5-2)6-3;2*1-2-4-5-3-1;;;/h2,4-7,10-13H,3,8-9,14-17H2,1H3,(H,23,24);1,3-4,7-8H,2,5-6,9-12,15H2;1,3-4,7-8H,2,5-6,9-11H2;7H,1-5H2;4-6H2,1-3H3;2*1-4H2;3*1H4. The van der Waals surface area contributed by atoms with E-state index in [1.165, 1.54) is 171 Å². The van der Waals surface area contributed by atoms with Crippen LogP contribution in [0.5, 0.6) is 5.75 Å². The summed E-state index contributed by atoms with van der Waals surface area (Å²) in [5, 5.41) is 21.0. The number of methoxy groups -OCH3 is 1. The van der Waals surface area contributed by atoms with Gasteiger partial charge in [0.15, 0.2) is 0 Å². The number of ether oxygens (including phenoxy) is 3. The Morgan fingerprint density at radius 2 is 0.928 bits per heavy atom. The number of carbonyl (C=O) groups is 1. The van der Waals surface area contributed by atoms with Crippen LogP contribution in [0.25, 0.3) is 0 Å². The number of amides is 1.